The van der Waals surface area contributed by atoms with Gasteiger partial charge in [0.2, 0.25) is 0 Å². The third-order valence-corrected chi connectivity index (χ3v) is 4.81. The van der Waals surface area contributed by atoms with Crippen molar-refractivity contribution < 1.29 is 17.6 Å². The third kappa shape index (κ3) is 3.03. The van der Waals surface area contributed by atoms with E-state index in [4.69, 9.17) is 0 Å². The zero-order chi connectivity index (χ0) is 15.0. The molecule has 0 fully saturated rings. The molecule has 0 amide bonds. The van der Waals surface area contributed by atoms with E-state index in [9.17, 15) is 17.6 Å². The first-order valence-electron chi connectivity index (χ1n) is 5.84. The summed E-state index contributed by atoms with van der Waals surface area (Å²) < 4.78 is 52.8. The van der Waals surface area contributed by atoms with Crippen molar-refractivity contribution in [2.75, 3.05) is 0 Å². The highest BCUT2D eigenvalue weighted by Gasteiger charge is 2.34. The van der Waals surface area contributed by atoms with E-state index in [2.05, 4.69) is 4.98 Å². The Morgan fingerprint density at radius 3 is 2.52 bits per heavy atom. The molecule has 0 N–H and O–H groups in total. The van der Waals surface area contributed by atoms with Crippen LogP contribution in [0.2, 0.25) is 0 Å². The fraction of sp³-hybridized carbons (Fsp3) is 0.0714. The van der Waals surface area contributed by atoms with Gasteiger partial charge in [-0.25, -0.2) is 9.37 Å². The predicted octanol–water partition coefficient (Wildman–Crippen LogP) is 5.61. The smallest absolute Gasteiger partial charge is 0.229 e. The van der Waals surface area contributed by atoms with Gasteiger partial charge in [-0.3, -0.25) is 0 Å². The lowest BCUT2D eigenvalue weighted by molar-refractivity contribution is -0.140. The van der Waals surface area contributed by atoms with Crippen LogP contribution in [0.5, 0.6) is 0 Å². The van der Waals surface area contributed by atoms with Gasteiger partial charge in [0.05, 0.1) is 15.8 Å². The average molecular weight is 329 g/mol. The Balaban J connectivity index is 1.94. The number of thiazole rings is 1. The molecular weight excluding hydrogens is 322 g/mol. The van der Waals surface area contributed by atoms with E-state index in [-0.39, 0.29) is 0 Å². The summed E-state index contributed by atoms with van der Waals surface area (Å²) in [6.07, 6.45) is -4.70. The maximum absolute atomic E-state index is 13.2. The summed E-state index contributed by atoms with van der Waals surface area (Å²) in [6, 6.07) is 10.4. The maximum atomic E-state index is 13.2. The molecule has 1 aromatic heterocycles. The van der Waals surface area contributed by atoms with Gasteiger partial charge < -0.3 is 0 Å². The molecule has 3 aromatic rings. The minimum Gasteiger partial charge on any atom is -0.229 e. The Labute approximate surface area is 125 Å². The first kappa shape index (κ1) is 14.3. The molecule has 7 heteroatoms. The highest BCUT2D eigenvalue weighted by atomic mass is 32.2. The van der Waals surface area contributed by atoms with Crippen LogP contribution >= 0.6 is 23.1 Å². The molecule has 21 heavy (non-hydrogen) atoms. The van der Waals surface area contributed by atoms with Gasteiger partial charge in [0.15, 0.2) is 4.34 Å². The zero-order valence-corrected chi connectivity index (χ0v) is 12.0. The molecule has 0 bridgehead atoms. The lowest BCUT2D eigenvalue weighted by Crippen LogP contribution is -2.07. The molecule has 0 aliphatic rings. The molecule has 0 aliphatic carbocycles. The number of para-hydroxylation sites is 1. The number of benzene rings is 2. The Morgan fingerprint density at radius 1 is 1.05 bits per heavy atom. The summed E-state index contributed by atoms with van der Waals surface area (Å²) >= 11 is 2.48. The molecule has 0 unspecified atom stereocenters. The summed E-state index contributed by atoms with van der Waals surface area (Å²) in [5, 5.41) is 0. The van der Waals surface area contributed by atoms with E-state index in [1.165, 1.54) is 17.4 Å². The van der Waals surface area contributed by atoms with E-state index in [1.807, 2.05) is 24.3 Å². The van der Waals surface area contributed by atoms with Crippen molar-refractivity contribution in [2.24, 2.45) is 0 Å². The van der Waals surface area contributed by atoms with Crippen LogP contribution in [-0.4, -0.2) is 4.98 Å². The Hall–Kier alpha value is -1.60. The number of alkyl halides is 3. The SMILES string of the molecule is Fc1ccc(Sc2nc3ccccc3s2)cc1C(F)(F)F. The van der Waals surface area contributed by atoms with Crippen LogP contribution in [0.25, 0.3) is 10.2 Å². The summed E-state index contributed by atoms with van der Waals surface area (Å²) in [5.41, 5.74) is -0.461. The van der Waals surface area contributed by atoms with Gasteiger partial charge in [-0.2, -0.15) is 13.2 Å². The molecule has 0 atom stereocenters. The average Bonchev–Trinajstić information content (AvgIpc) is 2.82. The van der Waals surface area contributed by atoms with E-state index < -0.39 is 17.6 Å². The van der Waals surface area contributed by atoms with Crippen LogP contribution in [0.15, 0.2) is 51.7 Å². The minimum atomic E-state index is -4.70. The van der Waals surface area contributed by atoms with Crippen LogP contribution in [0, 0.1) is 5.82 Å². The summed E-state index contributed by atoms with van der Waals surface area (Å²) in [7, 11) is 0. The van der Waals surface area contributed by atoms with Crippen molar-refractivity contribution >= 4 is 33.3 Å². The molecule has 1 heterocycles. The summed E-state index contributed by atoms with van der Waals surface area (Å²) in [6.45, 7) is 0. The van der Waals surface area contributed by atoms with Crippen molar-refractivity contribution in [3.8, 4) is 0 Å². The van der Waals surface area contributed by atoms with Gasteiger partial charge in [0.25, 0.3) is 0 Å². The molecule has 2 aromatic carbocycles. The van der Waals surface area contributed by atoms with Crippen molar-refractivity contribution in [3.05, 3.63) is 53.8 Å². The van der Waals surface area contributed by atoms with Crippen molar-refractivity contribution in [1.82, 2.24) is 4.98 Å². The van der Waals surface area contributed by atoms with Crippen LogP contribution in [-0.2, 0) is 6.18 Å². The van der Waals surface area contributed by atoms with Gasteiger partial charge >= 0.3 is 6.18 Å². The van der Waals surface area contributed by atoms with E-state index in [0.29, 0.717) is 9.24 Å². The van der Waals surface area contributed by atoms with Crippen LogP contribution in [0.4, 0.5) is 17.6 Å². The van der Waals surface area contributed by atoms with Gasteiger partial charge in [0, 0.05) is 4.90 Å². The summed E-state index contributed by atoms with van der Waals surface area (Å²) in [5.74, 6) is -1.27. The normalized spacial score (nSPS) is 12.0. The first-order valence-corrected chi connectivity index (χ1v) is 7.47. The quantitative estimate of drug-likeness (QED) is 0.567. The second-order valence-electron chi connectivity index (χ2n) is 4.19. The Morgan fingerprint density at radius 2 is 1.81 bits per heavy atom. The highest BCUT2D eigenvalue weighted by Crippen LogP contribution is 2.38. The van der Waals surface area contributed by atoms with Gasteiger partial charge in [0.1, 0.15) is 5.82 Å². The van der Waals surface area contributed by atoms with Crippen LogP contribution < -0.4 is 0 Å². The number of rotatable bonds is 2. The van der Waals surface area contributed by atoms with E-state index in [0.717, 1.165) is 34.1 Å². The van der Waals surface area contributed by atoms with Crippen molar-refractivity contribution in [1.29, 1.82) is 0 Å². The summed E-state index contributed by atoms with van der Waals surface area (Å²) in [4.78, 5) is 4.64. The number of hydrogen-bond donors (Lipinski definition) is 0. The molecule has 0 saturated heterocycles. The molecule has 108 valence electrons. The van der Waals surface area contributed by atoms with Crippen molar-refractivity contribution in [3.63, 3.8) is 0 Å². The number of halogens is 4. The number of nitrogens with zero attached hydrogens (tertiary/aromatic N) is 1. The monoisotopic (exact) mass is 329 g/mol. The topological polar surface area (TPSA) is 12.9 Å². The molecule has 0 aliphatic heterocycles. The van der Waals surface area contributed by atoms with Gasteiger partial charge in [-0.15, -0.1) is 11.3 Å². The van der Waals surface area contributed by atoms with Crippen LogP contribution in [0.3, 0.4) is 0 Å². The minimum absolute atomic E-state index is 0.308. The lowest BCUT2D eigenvalue weighted by Gasteiger charge is -2.09. The predicted molar refractivity (Wildman–Crippen MR) is 75.1 cm³/mol. The second-order valence-corrected chi connectivity index (χ2v) is 6.54. The fourth-order valence-electron chi connectivity index (χ4n) is 1.78. The third-order valence-electron chi connectivity index (χ3n) is 2.72. The van der Waals surface area contributed by atoms with E-state index >= 15 is 0 Å². The number of aromatic nitrogens is 1. The number of fused-ring (bicyclic) bond motifs is 1. The number of hydrogen-bond acceptors (Lipinski definition) is 3. The molecule has 0 radical (unpaired) electrons. The second kappa shape index (κ2) is 5.31. The Kier molecular flexibility index (Phi) is 3.62. The molecule has 0 spiro atoms. The van der Waals surface area contributed by atoms with Gasteiger partial charge in [-0.05, 0) is 30.3 Å². The first-order chi connectivity index (χ1) is 9.93. The molecule has 0 saturated carbocycles. The lowest BCUT2D eigenvalue weighted by atomic mass is 10.2. The molecular formula is C14H7F4NS2. The molecule has 3 rings (SSSR count). The zero-order valence-electron chi connectivity index (χ0n) is 10.3. The largest absolute Gasteiger partial charge is 0.419 e. The van der Waals surface area contributed by atoms with E-state index in [1.54, 1.807) is 0 Å². The van der Waals surface area contributed by atoms with Crippen molar-refractivity contribution in [2.45, 2.75) is 15.4 Å². The molecule has 1 nitrogen and oxygen atoms in total. The Bertz CT molecular complexity index is 762. The standard InChI is InChI=1S/C14H7F4NS2/c15-10-6-5-8(7-9(10)14(16,17)18)20-13-19-11-3-1-2-4-12(11)21-13/h1-7H. The van der Waals surface area contributed by atoms with Gasteiger partial charge in [-0.1, -0.05) is 23.9 Å². The maximum Gasteiger partial charge on any atom is 0.419 e. The van der Waals surface area contributed by atoms with Crippen LogP contribution in [0.1, 0.15) is 5.56 Å². The highest BCUT2D eigenvalue weighted by molar-refractivity contribution is 8.01. The fourth-order valence-corrected chi connectivity index (χ4v) is 3.86.